The molecule has 1 amide bonds. The fourth-order valence-electron chi connectivity index (χ4n) is 4.30. The van der Waals surface area contributed by atoms with Gasteiger partial charge in [0.05, 0.1) is 25.3 Å². The number of pyridine rings is 1. The Morgan fingerprint density at radius 1 is 1.11 bits per heavy atom. The number of nitrogens with zero attached hydrogens (tertiary/aromatic N) is 2. The zero-order chi connectivity index (χ0) is 25.1. The topological polar surface area (TPSA) is 89.0 Å². The van der Waals surface area contributed by atoms with E-state index in [0.29, 0.717) is 29.2 Å². The summed E-state index contributed by atoms with van der Waals surface area (Å²) in [6, 6.07) is 14.9. The molecular formula is C28H28N2O5. The summed E-state index contributed by atoms with van der Waals surface area (Å²) in [6.07, 6.45) is 3.21. The van der Waals surface area contributed by atoms with E-state index < -0.39 is 17.7 Å². The van der Waals surface area contributed by atoms with Crippen molar-refractivity contribution in [2.45, 2.75) is 32.7 Å². The summed E-state index contributed by atoms with van der Waals surface area (Å²) in [7, 11) is 1.53. The fourth-order valence-corrected chi connectivity index (χ4v) is 4.30. The van der Waals surface area contributed by atoms with Crippen molar-refractivity contribution in [2.75, 3.05) is 18.6 Å². The third kappa shape index (κ3) is 4.49. The van der Waals surface area contributed by atoms with Crippen LogP contribution in [0.4, 0.5) is 5.69 Å². The van der Waals surface area contributed by atoms with Crippen molar-refractivity contribution in [1.82, 2.24) is 4.98 Å². The van der Waals surface area contributed by atoms with E-state index >= 15 is 0 Å². The molecule has 0 radical (unpaired) electrons. The van der Waals surface area contributed by atoms with E-state index in [9.17, 15) is 14.7 Å². The lowest BCUT2D eigenvalue weighted by Gasteiger charge is -2.25. The Labute approximate surface area is 204 Å². The first-order chi connectivity index (χ1) is 16.9. The summed E-state index contributed by atoms with van der Waals surface area (Å²) in [5, 5.41) is 11.4. The van der Waals surface area contributed by atoms with Crippen molar-refractivity contribution in [3.8, 4) is 11.5 Å². The number of aliphatic hydroxyl groups is 1. The number of anilines is 1. The summed E-state index contributed by atoms with van der Waals surface area (Å²) in [4.78, 5) is 32.2. The van der Waals surface area contributed by atoms with Gasteiger partial charge in [-0.2, -0.15) is 0 Å². The number of ether oxygens (including phenoxy) is 2. The smallest absolute Gasteiger partial charge is 0.300 e. The van der Waals surface area contributed by atoms with Crippen LogP contribution >= 0.6 is 0 Å². The molecule has 2 aromatic carbocycles. The number of rotatable bonds is 7. The number of benzene rings is 2. The van der Waals surface area contributed by atoms with Gasteiger partial charge in [-0.3, -0.25) is 19.5 Å². The van der Waals surface area contributed by atoms with E-state index in [1.54, 1.807) is 60.9 Å². The third-order valence-electron chi connectivity index (χ3n) is 5.98. The van der Waals surface area contributed by atoms with Crippen LogP contribution in [0.15, 0.2) is 72.6 Å². The molecule has 1 aliphatic heterocycles. The van der Waals surface area contributed by atoms with E-state index in [2.05, 4.69) is 4.98 Å². The van der Waals surface area contributed by atoms with E-state index in [-0.39, 0.29) is 17.3 Å². The Morgan fingerprint density at radius 3 is 2.57 bits per heavy atom. The number of aliphatic hydroxyl groups excluding tert-OH is 1. The number of ketones is 1. The van der Waals surface area contributed by atoms with Gasteiger partial charge in [0.2, 0.25) is 0 Å². The van der Waals surface area contributed by atoms with Crippen LogP contribution in [0.25, 0.3) is 5.76 Å². The molecule has 1 atom stereocenters. The molecule has 1 N–H and O–H groups in total. The molecule has 1 saturated heterocycles. The first kappa shape index (κ1) is 24.0. The predicted octanol–water partition coefficient (Wildman–Crippen LogP) is 5.24. The van der Waals surface area contributed by atoms with Crippen LogP contribution in [0.1, 0.15) is 49.4 Å². The highest BCUT2D eigenvalue weighted by atomic mass is 16.5. The third-order valence-corrected chi connectivity index (χ3v) is 5.98. The average Bonchev–Trinajstić information content (AvgIpc) is 3.14. The number of aromatic nitrogens is 1. The van der Waals surface area contributed by atoms with Gasteiger partial charge in [-0.25, -0.2) is 0 Å². The van der Waals surface area contributed by atoms with Gasteiger partial charge >= 0.3 is 0 Å². The minimum absolute atomic E-state index is 0.00434. The number of amides is 1. The van der Waals surface area contributed by atoms with Gasteiger partial charge in [-0.1, -0.05) is 26.0 Å². The molecule has 7 nitrogen and oxygen atoms in total. The molecule has 2 heterocycles. The Bertz CT molecular complexity index is 1280. The van der Waals surface area contributed by atoms with Gasteiger partial charge in [0, 0.05) is 29.7 Å². The molecule has 7 heteroatoms. The van der Waals surface area contributed by atoms with Crippen molar-refractivity contribution in [3.05, 3.63) is 89.3 Å². The molecule has 0 aliphatic carbocycles. The molecule has 4 rings (SSSR count). The van der Waals surface area contributed by atoms with Crippen molar-refractivity contribution >= 4 is 23.1 Å². The van der Waals surface area contributed by atoms with Crippen molar-refractivity contribution in [3.63, 3.8) is 0 Å². The highest BCUT2D eigenvalue weighted by Gasteiger charge is 2.47. The lowest BCUT2D eigenvalue weighted by Crippen LogP contribution is -2.29. The molecule has 0 bridgehead atoms. The number of hydrogen-bond donors (Lipinski definition) is 1. The molecule has 0 spiro atoms. The highest BCUT2D eigenvalue weighted by molar-refractivity contribution is 6.51. The molecule has 1 unspecified atom stereocenters. The van der Waals surface area contributed by atoms with Gasteiger partial charge in [0.1, 0.15) is 17.3 Å². The van der Waals surface area contributed by atoms with E-state index in [1.165, 1.54) is 12.0 Å². The lowest BCUT2D eigenvalue weighted by molar-refractivity contribution is -0.132. The highest BCUT2D eigenvalue weighted by Crippen LogP contribution is 2.43. The van der Waals surface area contributed by atoms with Crippen LogP contribution in [0, 0.1) is 0 Å². The lowest BCUT2D eigenvalue weighted by atomic mass is 9.93. The number of methoxy groups -OCH3 is 1. The predicted molar refractivity (Wildman–Crippen MR) is 134 cm³/mol. The SMILES string of the molecule is CCOc1ccc(/C(O)=C2/C(=O)C(=O)N(c3cccc(OC)c3)C2c2cccnc2)cc1C(C)C. The molecule has 1 aromatic heterocycles. The molecule has 1 aliphatic rings. The largest absolute Gasteiger partial charge is 0.507 e. The monoisotopic (exact) mass is 472 g/mol. The second kappa shape index (κ2) is 10.0. The molecule has 1 fully saturated rings. The van der Waals surface area contributed by atoms with Gasteiger partial charge in [-0.05, 0) is 60.4 Å². The van der Waals surface area contributed by atoms with Gasteiger partial charge in [-0.15, -0.1) is 0 Å². The second-order valence-corrected chi connectivity index (χ2v) is 8.50. The normalized spacial score (nSPS) is 17.2. The van der Waals surface area contributed by atoms with Crippen LogP contribution in [-0.4, -0.2) is 35.5 Å². The van der Waals surface area contributed by atoms with Gasteiger partial charge in [0.15, 0.2) is 0 Å². The van der Waals surface area contributed by atoms with Crippen LogP contribution in [0.5, 0.6) is 11.5 Å². The van der Waals surface area contributed by atoms with E-state index in [4.69, 9.17) is 9.47 Å². The minimum atomic E-state index is -0.857. The Kier molecular flexibility index (Phi) is 6.87. The molecule has 180 valence electrons. The summed E-state index contributed by atoms with van der Waals surface area (Å²) in [5.74, 6) is -0.352. The van der Waals surface area contributed by atoms with E-state index in [1.807, 2.05) is 26.8 Å². The molecule has 0 saturated carbocycles. The fraction of sp³-hybridized carbons (Fsp3) is 0.250. The first-order valence-electron chi connectivity index (χ1n) is 11.5. The standard InChI is InChI=1S/C28H28N2O5/c1-5-35-23-12-11-18(14-22(23)17(2)3)26(31)24-25(19-8-7-13-29-16-19)30(28(33)27(24)32)20-9-6-10-21(15-20)34-4/h6-17,25,31H,5H2,1-4H3/b26-24-. The van der Waals surface area contributed by atoms with Crippen molar-refractivity contribution in [1.29, 1.82) is 0 Å². The minimum Gasteiger partial charge on any atom is -0.507 e. The number of carbonyl (C=O) groups excluding carboxylic acids is 2. The number of hydrogen-bond acceptors (Lipinski definition) is 6. The van der Waals surface area contributed by atoms with Crippen LogP contribution in [-0.2, 0) is 9.59 Å². The second-order valence-electron chi connectivity index (χ2n) is 8.50. The summed E-state index contributed by atoms with van der Waals surface area (Å²) < 4.78 is 11.1. The summed E-state index contributed by atoms with van der Waals surface area (Å²) >= 11 is 0. The molecule has 3 aromatic rings. The van der Waals surface area contributed by atoms with Gasteiger partial charge < -0.3 is 14.6 Å². The summed E-state index contributed by atoms with van der Waals surface area (Å²) in [6.45, 7) is 6.47. The Morgan fingerprint density at radius 2 is 1.91 bits per heavy atom. The van der Waals surface area contributed by atoms with Crippen molar-refractivity contribution < 1.29 is 24.2 Å². The first-order valence-corrected chi connectivity index (χ1v) is 11.5. The Hall–Kier alpha value is -4.13. The maximum Gasteiger partial charge on any atom is 0.300 e. The average molecular weight is 473 g/mol. The van der Waals surface area contributed by atoms with Crippen LogP contribution in [0.2, 0.25) is 0 Å². The maximum absolute atomic E-state index is 13.3. The number of Topliss-reactive ketones (excluding diaryl/α,β-unsaturated/α-hetero) is 1. The molecule has 35 heavy (non-hydrogen) atoms. The number of carbonyl (C=O) groups is 2. The van der Waals surface area contributed by atoms with Crippen molar-refractivity contribution in [2.24, 2.45) is 0 Å². The van der Waals surface area contributed by atoms with Gasteiger partial charge in [0.25, 0.3) is 11.7 Å². The van der Waals surface area contributed by atoms with E-state index in [0.717, 1.165) is 11.3 Å². The zero-order valence-electron chi connectivity index (χ0n) is 20.2. The molecular weight excluding hydrogens is 444 g/mol. The summed E-state index contributed by atoms with van der Waals surface area (Å²) in [5.41, 5.74) is 2.43. The Balaban J connectivity index is 1.92. The quantitative estimate of drug-likeness (QED) is 0.287. The van der Waals surface area contributed by atoms with Crippen LogP contribution in [0.3, 0.4) is 0 Å². The van der Waals surface area contributed by atoms with Crippen LogP contribution < -0.4 is 14.4 Å². The maximum atomic E-state index is 13.3. The zero-order valence-corrected chi connectivity index (χ0v) is 20.2.